The average Bonchev–Trinajstić information content (AvgIpc) is 3.24. The van der Waals surface area contributed by atoms with Gasteiger partial charge in [0.15, 0.2) is 0 Å². The lowest BCUT2D eigenvalue weighted by molar-refractivity contribution is -0.120. The zero-order valence-corrected chi connectivity index (χ0v) is 15.4. The molecule has 8 nitrogen and oxygen atoms in total. The van der Waals surface area contributed by atoms with E-state index < -0.39 is 0 Å². The quantitative estimate of drug-likeness (QED) is 0.544. The van der Waals surface area contributed by atoms with E-state index in [1.807, 2.05) is 24.4 Å². The van der Waals surface area contributed by atoms with Gasteiger partial charge >= 0.3 is 0 Å². The number of hydrazine groups is 1. The van der Waals surface area contributed by atoms with Crippen LogP contribution < -0.4 is 20.9 Å². The predicted octanol–water partition coefficient (Wildman–Crippen LogP) is 1.81. The minimum Gasteiger partial charge on any atom is -0.497 e. The number of carbonyl (C=O) groups is 2. The molecule has 8 heteroatoms. The lowest BCUT2D eigenvalue weighted by atomic mass is 10.1. The Morgan fingerprint density at radius 2 is 1.79 bits per heavy atom. The van der Waals surface area contributed by atoms with Gasteiger partial charge in [-0.1, -0.05) is 12.1 Å². The molecule has 0 radical (unpaired) electrons. The summed E-state index contributed by atoms with van der Waals surface area (Å²) in [6.07, 6.45) is 3.59. The van der Waals surface area contributed by atoms with Crippen LogP contribution in [0.2, 0.25) is 0 Å². The molecule has 3 aromatic rings. The van der Waals surface area contributed by atoms with E-state index in [2.05, 4.69) is 21.3 Å². The van der Waals surface area contributed by atoms with E-state index in [0.29, 0.717) is 12.1 Å². The van der Waals surface area contributed by atoms with Gasteiger partial charge in [-0.05, 0) is 48.0 Å². The fourth-order valence-electron chi connectivity index (χ4n) is 2.48. The van der Waals surface area contributed by atoms with Crippen molar-refractivity contribution in [3.8, 4) is 5.75 Å². The average molecular weight is 379 g/mol. The molecule has 0 aliphatic rings. The largest absolute Gasteiger partial charge is 0.497 e. The van der Waals surface area contributed by atoms with Crippen molar-refractivity contribution < 1.29 is 14.3 Å². The minimum absolute atomic E-state index is 0.0232. The number of benzene rings is 2. The molecule has 2 amide bonds. The second-order valence-corrected chi connectivity index (χ2v) is 5.98. The van der Waals surface area contributed by atoms with Crippen molar-refractivity contribution in [2.75, 3.05) is 19.0 Å². The molecule has 144 valence electrons. The predicted molar refractivity (Wildman–Crippen MR) is 105 cm³/mol. The van der Waals surface area contributed by atoms with E-state index in [0.717, 1.165) is 17.0 Å². The van der Waals surface area contributed by atoms with Gasteiger partial charge in [-0.25, -0.2) is 0 Å². The summed E-state index contributed by atoms with van der Waals surface area (Å²) in [4.78, 5) is 24.0. The van der Waals surface area contributed by atoms with Crippen LogP contribution in [0.25, 0.3) is 0 Å². The number of methoxy groups -OCH3 is 1. The van der Waals surface area contributed by atoms with Gasteiger partial charge in [0.05, 0.1) is 20.2 Å². The maximum atomic E-state index is 12.1. The number of amides is 2. The van der Waals surface area contributed by atoms with Crippen LogP contribution >= 0.6 is 0 Å². The van der Waals surface area contributed by atoms with Gasteiger partial charge in [0, 0.05) is 23.6 Å². The van der Waals surface area contributed by atoms with E-state index in [-0.39, 0.29) is 18.4 Å². The maximum absolute atomic E-state index is 12.1. The van der Waals surface area contributed by atoms with Crippen molar-refractivity contribution >= 4 is 17.5 Å². The number of hydrogen-bond acceptors (Lipinski definition) is 5. The van der Waals surface area contributed by atoms with Gasteiger partial charge in [0.1, 0.15) is 5.75 Å². The summed E-state index contributed by atoms with van der Waals surface area (Å²) in [5.41, 5.74) is 7.03. The molecule has 1 heterocycles. The van der Waals surface area contributed by atoms with Gasteiger partial charge in [-0.2, -0.15) is 5.10 Å². The van der Waals surface area contributed by atoms with Crippen LogP contribution in [-0.4, -0.2) is 35.2 Å². The summed E-state index contributed by atoms with van der Waals surface area (Å²) < 4.78 is 6.87. The van der Waals surface area contributed by atoms with Crippen LogP contribution in [0.1, 0.15) is 15.9 Å². The van der Waals surface area contributed by atoms with Crippen molar-refractivity contribution in [1.29, 1.82) is 0 Å². The third kappa shape index (κ3) is 5.34. The molecule has 0 saturated carbocycles. The van der Waals surface area contributed by atoms with E-state index in [4.69, 9.17) is 4.74 Å². The fourth-order valence-corrected chi connectivity index (χ4v) is 2.48. The normalized spacial score (nSPS) is 10.2. The van der Waals surface area contributed by atoms with E-state index in [9.17, 15) is 9.59 Å². The topological polar surface area (TPSA) is 97.3 Å². The van der Waals surface area contributed by atoms with Crippen molar-refractivity contribution in [3.05, 3.63) is 78.1 Å². The maximum Gasteiger partial charge on any atom is 0.269 e. The Kier molecular flexibility index (Phi) is 6.25. The molecule has 0 aliphatic heterocycles. The lowest BCUT2D eigenvalue weighted by Crippen LogP contribution is -2.44. The molecule has 0 spiro atoms. The summed E-state index contributed by atoms with van der Waals surface area (Å²) in [5, 5.41) is 7.10. The Balaban J connectivity index is 1.43. The highest BCUT2D eigenvalue weighted by molar-refractivity contribution is 5.95. The Morgan fingerprint density at radius 1 is 1.04 bits per heavy atom. The number of carbonyl (C=O) groups excluding carboxylic acids is 2. The summed E-state index contributed by atoms with van der Waals surface area (Å²) in [5.74, 6) is -0.0131. The van der Waals surface area contributed by atoms with Gasteiger partial charge in [0.2, 0.25) is 0 Å². The van der Waals surface area contributed by atoms with E-state index >= 15 is 0 Å². The first kappa shape index (κ1) is 19.0. The number of hydrogen-bond donors (Lipinski definition) is 3. The van der Waals surface area contributed by atoms with E-state index in [1.54, 1.807) is 54.4 Å². The molecule has 3 rings (SSSR count). The van der Waals surface area contributed by atoms with Crippen molar-refractivity contribution in [1.82, 2.24) is 20.6 Å². The number of ether oxygens (including phenoxy) is 1. The molecule has 3 N–H and O–H groups in total. The molecule has 0 bridgehead atoms. The van der Waals surface area contributed by atoms with E-state index in [1.165, 1.54) is 0 Å². The smallest absolute Gasteiger partial charge is 0.269 e. The molecule has 2 aromatic carbocycles. The first-order chi connectivity index (χ1) is 13.6. The van der Waals surface area contributed by atoms with Crippen molar-refractivity contribution in [3.63, 3.8) is 0 Å². The number of aromatic nitrogens is 2. The number of rotatable bonds is 7. The van der Waals surface area contributed by atoms with Gasteiger partial charge in [-0.15, -0.1) is 0 Å². The van der Waals surface area contributed by atoms with Crippen LogP contribution in [0.15, 0.2) is 67.0 Å². The third-order valence-corrected chi connectivity index (χ3v) is 3.98. The zero-order chi connectivity index (χ0) is 19.8. The summed E-state index contributed by atoms with van der Waals surface area (Å²) in [7, 11) is 1.59. The molecule has 0 fully saturated rings. The molecule has 0 saturated heterocycles. The Hall–Kier alpha value is -3.81. The lowest BCUT2D eigenvalue weighted by Gasteiger charge is -2.10. The fraction of sp³-hybridized carbons (Fsp3) is 0.150. The van der Waals surface area contributed by atoms with Crippen LogP contribution in [0, 0.1) is 0 Å². The van der Waals surface area contributed by atoms with Crippen LogP contribution in [0.5, 0.6) is 5.75 Å². The highest BCUT2D eigenvalue weighted by Gasteiger charge is 2.08. The molecular formula is C20H21N5O3. The van der Waals surface area contributed by atoms with Crippen molar-refractivity contribution in [2.45, 2.75) is 6.54 Å². The standard InChI is InChI=1S/C20H21N5O3/c1-28-18-9-7-17(8-10-18)21-13-19(26)23-24-20(27)16-5-3-15(4-6-16)14-25-12-2-11-22-25/h2-12,21H,13-14H2,1H3,(H,23,26)(H,24,27). The Bertz CT molecular complexity index is 906. The summed E-state index contributed by atoms with van der Waals surface area (Å²) >= 11 is 0. The number of nitrogens with one attached hydrogen (secondary N) is 3. The van der Waals surface area contributed by atoms with Crippen LogP contribution in [0.4, 0.5) is 5.69 Å². The molecule has 0 unspecified atom stereocenters. The molecular weight excluding hydrogens is 358 g/mol. The highest BCUT2D eigenvalue weighted by Crippen LogP contribution is 2.14. The monoisotopic (exact) mass is 379 g/mol. The van der Waals surface area contributed by atoms with Gasteiger partial charge in [0.25, 0.3) is 11.8 Å². The first-order valence-electron chi connectivity index (χ1n) is 8.67. The van der Waals surface area contributed by atoms with Crippen LogP contribution in [0.3, 0.4) is 0 Å². The molecule has 0 atom stereocenters. The second kappa shape index (κ2) is 9.22. The summed E-state index contributed by atoms with van der Waals surface area (Å²) in [6.45, 7) is 0.651. The van der Waals surface area contributed by atoms with Crippen molar-refractivity contribution in [2.24, 2.45) is 0 Å². The zero-order valence-electron chi connectivity index (χ0n) is 15.4. The van der Waals surface area contributed by atoms with Gasteiger partial charge in [-0.3, -0.25) is 25.1 Å². The number of nitrogens with zero attached hydrogens (tertiary/aromatic N) is 2. The Labute approximate surface area is 162 Å². The molecule has 1 aromatic heterocycles. The second-order valence-electron chi connectivity index (χ2n) is 5.98. The minimum atomic E-state index is -0.386. The SMILES string of the molecule is COc1ccc(NCC(=O)NNC(=O)c2ccc(Cn3cccn3)cc2)cc1. The highest BCUT2D eigenvalue weighted by atomic mass is 16.5. The first-order valence-corrected chi connectivity index (χ1v) is 8.67. The van der Waals surface area contributed by atoms with Gasteiger partial charge < -0.3 is 10.1 Å². The molecule has 28 heavy (non-hydrogen) atoms. The molecule has 0 aliphatic carbocycles. The third-order valence-electron chi connectivity index (χ3n) is 3.98. The number of anilines is 1. The Morgan fingerprint density at radius 3 is 2.43 bits per heavy atom. The van der Waals surface area contributed by atoms with Crippen LogP contribution in [-0.2, 0) is 11.3 Å². The summed E-state index contributed by atoms with van der Waals surface area (Å²) in [6, 6.07) is 16.1.